The number of aromatic nitrogens is 2. The summed E-state index contributed by atoms with van der Waals surface area (Å²) in [5.41, 5.74) is 3.34. The van der Waals surface area contributed by atoms with Crippen molar-refractivity contribution in [3.05, 3.63) is 77.9 Å². The first-order chi connectivity index (χ1) is 15.7. The molecular formula is C22H17ClN4O4S2. The quantitative estimate of drug-likeness (QED) is 0.445. The summed E-state index contributed by atoms with van der Waals surface area (Å²) >= 11 is 6.37. The Labute approximate surface area is 196 Å². The molecule has 0 radical (unpaired) electrons. The van der Waals surface area contributed by atoms with E-state index in [1.54, 1.807) is 36.5 Å². The molecule has 1 aliphatic heterocycles. The highest BCUT2D eigenvalue weighted by atomic mass is 35.5. The third-order valence-electron chi connectivity index (χ3n) is 5.27. The van der Waals surface area contributed by atoms with Crippen molar-refractivity contribution < 1.29 is 16.8 Å². The maximum atomic E-state index is 12.9. The Hall–Kier alpha value is -3.21. The Morgan fingerprint density at radius 2 is 1.76 bits per heavy atom. The lowest BCUT2D eigenvalue weighted by molar-refractivity contribution is 0.578. The second-order valence-electron chi connectivity index (χ2n) is 7.42. The third-order valence-corrected chi connectivity index (χ3v) is 8.76. The van der Waals surface area contributed by atoms with Crippen LogP contribution in [0.25, 0.3) is 22.3 Å². The molecule has 0 spiro atoms. The number of sulfonamides is 2. The van der Waals surface area contributed by atoms with Crippen molar-refractivity contribution in [3.63, 3.8) is 0 Å². The lowest BCUT2D eigenvalue weighted by Gasteiger charge is -2.32. The van der Waals surface area contributed by atoms with Gasteiger partial charge in [-0.15, -0.1) is 0 Å². The molecule has 2 aromatic carbocycles. The highest BCUT2D eigenvalue weighted by molar-refractivity contribution is 7.94. The largest absolute Gasteiger partial charge is 0.280 e. The van der Waals surface area contributed by atoms with Crippen molar-refractivity contribution in [1.29, 1.82) is 0 Å². The van der Waals surface area contributed by atoms with Crippen LogP contribution in [0, 0.1) is 0 Å². The molecule has 0 aliphatic carbocycles. The molecule has 4 aromatic rings. The number of halogens is 1. The molecule has 0 unspecified atom stereocenters. The van der Waals surface area contributed by atoms with Crippen LogP contribution < -0.4 is 9.03 Å². The molecule has 5 rings (SSSR count). The zero-order valence-corrected chi connectivity index (χ0v) is 19.4. The van der Waals surface area contributed by atoms with Gasteiger partial charge in [-0.05, 0) is 66.7 Å². The fourth-order valence-corrected chi connectivity index (χ4v) is 5.89. The van der Waals surface area contributed by atoms with Gasteiger partial charge in [-0.3, -0.25) is 14.0 Å². The minimum atomic E-state index is -3.91. The molecule has 0 bridgehead atoms. The normalized spacial score (nSPS) is 15.2. The lowest BCUT2D eigenvalue weighted by Crippen LogP contribution is -2.47. The molecule has 1 aliphatic rings. The Morgan fingerprint density at radius 3 is 2.45 bits per heavy atom. The fraction of sp³-hybridized carbons (Fsp3) is 0.0909. The van der Waals surface area contributed by atoms with Gasteiger partial charge in [0.25, 0.3) is 10.0 Å². The number of rotatable bonds is 5. The third kappa shape index (κ3) is 4.12. The Kier molecular flexibility index (Phi) is 5.23. The van der Waals surface area contributed by atoms with Gasteiger partial charge in [-0.2, -0.15) is 0 Å². The predicted octanol–water partition coefficient (Wildman–Crippen LogP) is 3.90. The van der Waals surface area contributed by atoms with E-state index in [-0.39, 0.29) is 10.6 Å². The van der Waals surface area contributed by atoms with Crippen LogP contribution in [0.3, 0.4) is 0 Å². The summed E-state index contributed by atoms with van der Waals surface area (Å²) in [7, 11) is -7.19. The minimum absolute atomic E-state index is 0.00979. The molecule has 1 N–H and O–H groups in total. The fourth-order valence-electron chi connectivity index (χ4n) is 3.52. The van der Waals surface area contributed by atoms with Crippen molar-refractivity contribution in [2.24, 2.45) is 0 Å². The maximum absolute atomic E-state index is 12.9. The monoisotopic (exact) mass is 500 g/mol. The zero-order chi connectivity index (χ0) is 23.2. The van der Waals surface area contributed by atoms with Crippen LogP contribution in [-0.2, 0) is 20.0 Å². The molecule has 0 atom stereocenters. The molecule has 8 nitrogen and oxygen atoms in total. The molecule has 33 heavy (non-hydrogen) atoms. The summed E-state index contributed by atoms with van der Waals surface area (Å²) in [6.07, 6.45) is 1.68. The van der Waals surface area contributed by atoms with Crippen molar-refractivity contribution in [1.82, 2.24) is 9.97 Å². The van der Waals surface area contributed by atoms with Crippen molar-refractivity contribution in [2.75, 3.05) is 21.3 Å². The van der Waals surface area contributed by atoms with E-state index < -0.39 is 20.0 Å². The maximum Gasteiger partial charge on any atom is 0.261 e. The Morgan fingerprint density at radius 1 is 0.970 bits per heavy atom. The first-order valence-electron chi connectivity index (χ1n) is 9.88. The second-order valence-corrected chi connectivity index (χ2v) is 11.5. The Balaban J connectivity index is 1.43. The molecule has 0 amide bonds. The number of hydrogen-bond acceptors (Lipinski definition) is 6. The van der Waals surface area contributed by atoms with Gasteiger partial charge in [0.05, 0.1) is 38.1 Å². The minimum Gasteiger partial charge on any atom is -0.280 e. The predicted molar refractivity (Wildman–Crippen MR) is 128 cm³/mol. The van der Waals surface area contributed by atoms with E-state index in [9.17, 15) is 16.8 Å². The van der Waals surface area contributed by atoms with Gasteiger partial charge >= 0.3 is 0 Å². The molecule has 3 heterocycles. The van der Waals surface area contributed by atoms with Crippen molar-refractivity contribution in [2.45, 2.75) is 4.90 Å². The van der Waals surface area contributed by atoms with Crippen LogP contribution in [0.15, 0.2) is 77.8 Å². The van der Waals surface area contributed by atoms with Gasteiger partial charge in [0, 0.05) is 24.0 Å². The smallest absolute Gasteiger partial charge is 0.261 e. The molecule has 11 heteroatoms. The van der Waals surface area contributed by atoms with E-state index in [1.165, 1.54) is 28.6 Å². The van der Waals surface area contributed by atoms with Crippen LogP contribution in [0.1, 0.15) is 0 Å². The summed E-state index contributed by atoms with van der Waals surface area (Å²) in [5.74, 6) is 0.0933. The van der Waals surface area contributed by atoms with Gasteiger partial charge in [-0.1, -0.05) is 11.6 Å². The SMILES string of the molecule is O=S(=O)(Nc1ccc(Cl)c(-c2ccc3ncccc3n2)c1)c1ccc(N2CCS2(=O)=O)cc1. The van der Waals surface area contributed by atoms with Crippen molar-refractivity contribution >= 4 is 54.1 Å². The average molecular weight is 501 g/mol. The number of fused-ring (bicyclic) bond motifs is 1. The molecule has 0 saturated carbocycles. The first kappa shape index (κ1) is 21.6. The molecule has 1 saturated heterocycles. The van der Waals surface area contributed by atoms with Gasteiger partial charge in [0.15, 0.2) is 0 Å². The molecule has 1 fully saturated rings. The first-order valence-corrected chi connectivity index (χ1v) is 13.3. The van der Waals surface area contributed by atoms with Gasteiger partial charge in [0.2, 0.25) is 10.0 Å². The molecule has 168 valence electrons. The Bertz CT molecular complexity index is 1590. The van der Waals surface area contributed by atoms with E-state index in [0.717, 1.165) is 5.52 Å². The van der Waals surface area contributed by atoms with Gasteiger partial charge < -0.3 is 0 Å². The van der Waals surface area contributed by atoms with Crippen LogP contribution in [0.2, 0.25) is 5.02 Å². The van der Waals surface area contributed by atoms with Crippen LogP contribution >= 0.6 is 11.6 Å². The van der Waals surface area contributed by atoms with E-state index in [0.29, 0.717) is 39.7 Å². The summed E-state index contributed by atoms with van der Waals surface area (Å²) < 4.78 is 53.1. The van der Waals surface area contributed by atoms with Gasteiger partial charge in [-0.25, -0.2) is 21.8 Å². The van der Waals surface area contributed by atoms with E-state index >= 15 is 0 Å². The highest BCUT2D eigenvalue weighted by Crippen LogP contribution is 2.32. The number of nitrogens with zero attached hydrogens (tertiary/aromatic N) is 3. The zero-order valence-electron chi connectivity index (χ0n) is 17.0. The summed E-state index contributed by atoms with van der Waals surface area (Å²) in [6.45, 7) is 0.388. The van der Waals surface area contributed by atoms with E-state index in [2.05, 4.69) is 14.7 Å². The number of anilines is 2. The standard InChI is InChI=1S/C22H17ClN4O4S2/c23-19-8-3-15(14-18(19)20-9-10-21-22(25-20)2-1-11-24-21)26-33(30,31)17-6-4-16(5-7-17)27-12-13-32(27,28)29/h1-11,14,26H,12-13H2. The number of pyridine rings is 2. The number of nitrogens with one attached hydrogen (secondary N) is 1. The van der Waals surface area contributed by atoms with Crippen LogP contribution in [-0.4, -0.2) is 39.1 Å². The molecule has 2 aromatic heterocycles. The second kappa shape index (κ2) is 7.98. The lowest BCUT2D eigenvalue weighted by atomic mass is 10.1. The number of hydrogen-bond donors (Lipinski definition) is 1. The highest BCUT2D eigenvalue weighted by Gasteiger charge is 2.32. The topological polar surface area (TPSA) is 109 Å². The summed E-state index contributed by atoms with van der Waals surface area (Å²) in [4.78, 5) is 8.83. The average Bonchev–Trinajstić information content (AvgIpc) is 2.79. The van der Waals surface area contributed by atoms with Crippen LogP contribution in [0.5, 0.6) is 0 Å². The van der Waals surface area contributed by atoms with Crippen LogP contribution in [0.4, 0.5) is 11.4 Å². The number of benzene rings is 2. The van der Waals surface area contributed by atoms with Gasteiger partial charge in [0.1, 0.15) is 0 Å². The molecular weight excluding hydrogens is 484 g/mol. The summed E-state index contributed by atoms with van der Waals surface area (Å²) in [5, 5.41) is 0.425. The van der Waals surface area contributed by atoms with E-state index in [4.69, 9.17) is 11.6 Å². The van der Waals surface area contributed by atoms with Crippen molar-refractivity contribution in [3.8, 4) is 11.3 Å². The summed E-state index contributed by atoms with van der Waals surface area (Å²) in [6, 6.07) is 17.7. The van der Waals surface area contributed by atoms with E-state index in [1.807, 2.05) is 12.1 Å².